The number of sulfone groups is 1. The topological polar surface area (TPSA) is 57.6 Å². The van der Waals surface area contributed by atoms with E-state index < -0.39 is 15.9 Å². The summed E-state index contributed by atoms with van der Waals surface area (Å²) in [5.74, 6) is 0. The van der Waals surface area contributed by atoms with Crippen molar-refractivity contribution in [3.63, 3.8) is 0 Å². The summed E-state index contributed by atoms with van der Waals surface area (Å²) in [5, 5.41) is 10.3. The molecule has 0 spiro atoms. The molecule has 0 radical (unpaired) electrons. The summed E-state index contributed by atoms with van der Waals surface area (Å²) in [6.45, 7) is 2.46. The molecule has 22 heavy (non-hydrogen) atoms. The summed E-state index contributed by atoms with van der Waals surface area (Å²) in [6, 6.07) is 14.4. The van der Waals surface area contributed by atoms with Gasteiger partial charge in [-0.15, -0.1) is 0 Å². The van der Waals surface area contributed by atoms with Gasteiger partial charge in [-0.1, -0.05) is 29.8 Å². The van der Waals surface area contributed by atoms with Gasteiger partial charge in [0.05, 0.1) is 11.0 Å². The van der Waals surface area contributed by atoms with Gasteiger partial charge in [-0.05, 0) is 36.8 Å². The van der Waals surface area contributed by atoms with E-state index in [0.29, 0.717) is 12.1 Å². The smallest absolute Gasteiger partial charge is 0.175 e. The van der Waals surface area contributed by atoms with Crippen molar-refractivity contribution in [1.82, 2.24) is 0 Å². The molecule has 5 heteroatoms. The lowest BCUT2D eigenvalue weighted by Gasteiger charge is -2.23. The van der Waals surface area contributed by atoms with Crippen LogP contribution in [0.4, 0.5) is 5.69 Å². The molecule has 0 amide bonds. The molecule has 0 aromatic heterocycles. The standard InChI is InChI=1S/C17H21NO3S/c1-13-4-8-15(9-5-13)18(2)12-17(19)14-6-10-16(11-7-14)22(3,20)21/h4-11,17,19H,12H2,1-3H3. The van der Waals surface area contributed by atoms with Crippen molar-refractivity contribution in [2.24, 2.45) is 0 Å². The lowest BCUT2D eigenvalue weighted by Crippen LogP contribution is -2.24. The van der Waals surface area contributed by atoms with Gasteiger partial charge in [0.15, 0.2) is 9.84 Å². The van der Waals surface area contributed by atoms with E-state index in [1.807, 2.05) is 43.1 Å². The molecule has 2 aromatic carbocycles. The lowest BCUT2D eigenvalue weighted by molar-refractivity contribution is 0.185. The van der Waals surface area contributed by atoms with Gasteiger partial charge in [-0.25, -0.2) is 8.42 Å². The maximum atomic E-state index is 11.4. The third-order valence-electron chi connectivity index (χ3n) is 3.61. The molecular formula is C17H21NO3S. The number of rotatable bonds is 5. The third-order valence-corrected chi connectivity index (χ3v) is 4.74. The first kappa shape index (κ1) is 16.5. The zero-order valence-corrected chi connectivity index (χ0v) is 13.8. The first-order valence-electron chi connectivity index (χ1n) is 7.03. The quantitative estimate of drug-likeness (QED) is 0.920. The van der Waals surface area contributed by atoms with E-state index in [1.54, 1.807) is 12.1 Å². The summed E-state index contributed by atoms with van der Waals surface area (Å²) < 4.78 is 22.9. The molecule has 1 N–H and O–H groups in total. The van der Waals surface area contributed by atoms with Crippen LogP contribution >= 0.6 is 0 Å². The molecule has 2 rings (SSSR count). The molecule has 0 fully saturated rings. The van der Waals surface area contributed by atoms with Crippen molar-refractivity contribution in [2.75, 3.05) is 24.7 Å². The van der Waals surface area contributed by atoms with Crippen molar-refractivity contribution in [1.29, 1.82) is 0 Å². The maximum Gasteiger partial charge on any atom is 0.175 e. The van der Waals surface area contributed by atoms with Crippen LogP contribution in [0.5, 0.6) is 0 Å². The number of nitrogens with zero attached hydrogens (tertiary/aromatic N) is 1. The van der Waals surface area contributed by atoms with Crippen LogP contribution in [0.15, 0.2) is 53.4 Å². The van der Waals surface area contributed by atoms with Crippen LogP contribution in [-0.2, 0) is 9.84 Å². The van der Waals surface area contributed by atoms with Crippen LogP contribution in [0, 0.1) is 6.92 Å². The number of benzene rings is 2. The van der Waals surface area contributed by atoms with E-state index in [1.165, 1.54) is 24.0 Å². The molecule has 0 saturated heterocycles. The van der Waals surface area contributed by atoms with Gasteiger partial charge in [0.25, 0.3) is 0 Å². The maximum absolute atomic E-state index is 11.4. The fraction of sp³-hybridized carbons (Fsp3) is 0.294. The number of hydrogen-bond acceptors (Lipinski definition) is 4. The van der Waals surface area contributed by atoms with Gasteiger partial charge in [0, 0.05) is 25.5 Å². The second kappa shape index (κ2) is 6.50. The Morgan fingerprint density at radius 2 is 1.59 bits per heavy atom. The van der Waals surface area contributed by atoms with Gasteiger partial charge >= 0.3 is 0 Å². The number of aryl methyl sites for hydroxylation is 1. The highest BCUT2D eigenvalue weighted by atomic mass is 32.2. The highest BCUT2D eigenvalue weighted by molar-refractivity contribution is 7.90. The summed E-state index contributed by atoms with van der Waals surface area (Å²) in [6.07, 6.45) is 0.490. The molecule has 0 aliphatic carbocycles. The SMILES string of the molecule is Cc1ccc(N(C)CC(O)c2ccc(S(C)(=O)=O)cc2)cc1. The predicted molar refractivity (Wildman–Crippen MR) is 89.0 cm³/mol. The van der Waals surface area contributed by atoms with E-state index in [9.17, 15) is 13.5 Å². The second-order valence-corrected chi connectivity index (χ2v) is 7.59. The summed E-state index contributed by atoms with van der Waals surface area (Å²) in [5.41, 5.74) is 2.91. The van der Waals surface area contributed by atoms with Crippen LogP contribution in [0.2, 0.25) is 0 Å². The minimum atomic E-state index is -3.21. The molecule has 1 unspecified atom stereocenters. The number of aliphatic hydroxyl groups excluding tert-OH is 1. The van der Waals surface area contributed by atoms with Gasteiger partial charge < -0.3 is 10.0 Å². The zero-order chi connectivity index (χ0) is 16.3. The van der Waals surface area contributed by atoms with E-state index in [4.69, 9.17) is 0 Å². The van der Waals surface area contributed by atoms with E-state index in [2.05, 4.69) is 0 Å². The van der Waals surface area contributed by atoms with Crippen LogP contribution in [0.25, 0.3) is 0 Å². The van der Waals surface area contributed by atoms with Gasteiger partial charge in [-0.3, -0.25) is 0 Å². The van der Waals surface area contributed by atoms with Crippen LogP contribution in [-0.4, -0.2) is 33.4 Å². The number of aliphatic hydroxyl groups is 1. The third kappa shape index (κ3) is 4.08. The normalized spacial score (nSPS) is 12.9. The van der Waals surface area contributed by atoms with Crippen LogP contribution in [0.3, 0.4) is 0 Å². The fourth-order valence-electron chi connectivity index (χ4n) is 2.21. The Balaban J connectivity index is 2.08. The molecule has 0 aliphatic heterocycles. The minimum absolute atomic E-state index is 0.260. The second-order valence-electron chi connectivity index (χ2n) is 5.57. The lowest BCUT2D eigenvalue weighted by atomic mass is 10.1. The van der Waals surface area contributed by atoms with Crippen LogP contribution in [0.1, 0.15) is 17.2 Å². The number of hydrogen-bond donors (Lipinski definition) is 1. The van der Waals surface area contributed by atoms with Crippen molar-refractivity contribution < 1.29 is 13.5 Å². The average Bonchev–Trinajstić information content (AvgIpc) is 2.47. The molecular weight excluding hydrogens is 298 g/mol. The van der Waals surface area contributed by atoms with Crippen LogP contribution < -0.4 is 4.90 Å². The number of anilines is 1. The zero-order valence-electron chi connectivity index (χ0n) is 13.0. The average molecular weight is 319 g/mol. The van der Waals surface area contributed by atoms with Gasteiger partial charge in [0.1, 0.15) is 0 Å². The Morgan fingerprint density at radius 3 is 2.09 bits per heavy atom. The minimum Gasteiger partial charge on any atom is -0.387 e. The summed E-state index contributed by atoms with van der Waals surface area (Å²) >= 11 is 0. The molecule has 0 bridgehead atoms. The van der Waals surface area contributed by atoms with Crippen molar-refractivity contribution in [3.05, 3.63) is 59.7 Å². The molecule has 2 aromatic rings. The Morgan fingerprint density at radius 1 is 1.05 bits per heavy atom. The Bertz CT molecular complexity index is 722. The molecule has 0 saturated carbocycles. The predicted octanol–water partition coefficient (Wildman–Crippen LogP) is 2.57. The van der Waals surface area contributed by atoms with E-state index >= 15 is 0 Å². The highest BCUT2D eigenvalue weighted by Gasteiger charge is 2.13. The molecule has 1 atom stereocenters. The highest BCUT2D eigenvalue weighted by Crippen LogP contribution is 2.20. The first-order chi connectivity index (χ1) is 10.3. The van der Waals surface area contributed by atoms with Crippen molar-refractivity contribution >= 4 is 15.5 Å². The molecule has 0 heterocycles. The largest absolute Gasteiger partial charge is 0.387 e. The summed E-state index contributed by atoms with van der Waals surface area (Å²) in [7, 11) is -1.29. The summed E-state index contributed by atoms with van der Waals surface area (Å²) in [4.78, 5) is 2.23. The van der Waals surface area contributed by atoms with Gasteiger partial charge in [0.2, 0.25) is 0 Å². The Hall–Kier alpha value is -1.85. The van der Waals surface area contributed by atoms with Crippen molar-refractivity contribution in [3.8, 4) is 0 Å². The van der Waals surface area contributed by atoms with E-state index in [0.717, 1.165) is 5.69 Å². The molecule has 0 aliphatic rings. The van der Waals surface area contributed by atoms with Gasteiger partial charge in [-0.2, -0.15) is 0 Å². The fourth-order valence-corrected chi connectivity index (χ4v) is 2.84. The first-order valence-corrected chi connectivity index (χ1v) is 8.92. The molecule has 118 valence electrons. The number of likely N-dealkylation sites (N-methyl/N-ethyl adjacent to an activating group) is 1. The van der Waals surface area contributed by atoms with Crippen molar-refractivity contribution in [2.45, 2.75) is 17.9 Å². The Kier molecular flexibility index (Phi) is 4.88. The van der Waals surface area contributed by atoms with E-state index in [-0.39, 0.29) is 4.90 Å². The molecule has 4 nitrogen and oxygen atoms in total. The monoisotopic (exact) mass is 319 g/mol. The Labute approximate surface area is 131 Å².